The molecule has 0 heterocycles. The monoisotopic (exact) mass is 206 g/mol. The fourth-order valence-electron chi connectivity index (χ4n) is 1.77. The smallest absolute Gasteiger partial charge is 0.0390 e. The average molecular weight is 206 g/mol. The first-order valence-electron chi connectivity index (χ1n) is 5.53. The molecule has 0 amide bonds. The Hall–Kier alpha value is -1.02. The van der Waals surface area contributed by atoms with Crippen molar-refractivity contribution in [3.05, 3.63) is 29.3 Å². The van der Waals surface area contributed by atoms with Crippen LogP contribution in [0.25, 0.3) is 0 Å². The number of hydrogen-bond acceptors (Lipinski definition) is 2. The first kappa shape index (κ1) is 12.1. The van der Waals surface area contributed by atoms with Crippen molar-refractivity contribution in [2.75, 3.05) is 19.0 Å². The molecule has 2 heteroatoms. The number of anilines is 1. The van der Waals surface area contributed by atoms with Gasteiger partial charge in [-0.25, -0.2) is 0 Å². The molecular weight excluding hydrogens is 184 g/mol. The van der Waals surface area contributed by atoms with Crippen LogP contribution in [0.2, 0.25) is 0 Å². The third kappa shape index (κ3) is 3.56. The van der Waals surface area contributed by atoms with Crippen molar-refractivity contribution in [1.29, 1.82) is 0 Å². The molecule has 15 heavy (non-hydrogen) atoms. The van der Waals surface area contributed by atoms with Gasteiger partial charge in [0.05, 0.1) is 0 Å². The third-order valence-corrected chi connectivity index (χ3v) is 2.63. The van der Waals surface area contributed by atoms with E-state index in [0.29, 0.717) is 6.04 Å². The summed E-state index contributed by atoms with van der Waals surface area (Å²) < 4.78 is 0. The highest BCUT2D eigenvalue weighted by atomic mass is 15.1. The third-order valence-electron chi connectivity index (χ3n) is 2.63. The van der Waals surface area contributed by atoms with Gasteiger partial charge in [-0.3, -0.25) is 0 Å². The van der Waals surface area contributed by atoms with E-state index in [4.69, 9.17) is 5.73 Å². The molecule has 0 fully saturated rings. The second-order valence-electron chi connectivity index (χ2n) is 4.53. The molecule has 0 aromatic heterocycles. The Morgan fingerprint density at radius 2 is 2.00 bits per heavy atom. The quantitative estimate of drug-likeness (QED) is 0.819. The lowest BCUT2D eigenvalue weighted by molar-refractivity contribution is 0.666. The number of nitrogens with two attached hydrogens (primary N) is 1. The van der Waals surface area contributed by atoms with Crippen LogP contribution in [0.15, 0.2) is 18.2 Å². The van der Waals surface area contributed by atoms with Crippen molar-refractivity contribution in [3.63, 3.8) is 0 Å². The molecule has 2 nitrogen and oxygen atoms in total. The minimum Gasteiger partial charge on any atom is -0.377 e. The lowest BCUT2D eigenvalue weighted by atomic mass is 10.0. The summed E-state index contributed by atoms with van der Waals surface area (Å²) in [6.45, 7) is 4.21. The van der Waals surface area contributed by atoms with Crippen LogP contribution >= 0.6 is 0 Å². The van der Waals surface area contributed by atoms with Crippen LogP contribution in [-0.4, -0.2) is 20.1 Å². The maximum Gasteiger partial charge on any atom is 0.0390 e. The molecule has 0 spiro atoms. The fourth-order valence-corrected chi connectivity index (χ4v) is 1.77. The fraction of sp³-hybridized carbons (Fsp3) is 0.538. The largest absolute Gasteiger partial charge is 0.377 e. The lowest BCUT2D eigenvalue weighted by Crippen LogP contribution is -2.15. The first-order chi connectivity index (χ1) is 7.00. The molecule has 0 saturated heterocycles. The zero-order valence-corrected chi connectivity index (χ0v) is 10.2. The van der Waals surface area contributed by atoms with Gasteiger partial charge in [-0.15, -0.1) is 0 Å². The summed E-state index contributed by atoms with van der Waals surface area (Å²) in [5, 5.41) is 0. The molecule has 0 aliphatic heterocycles. The van der Waals surface area contributed by atoms with Crippen molar-refractivity contribution < 1.29 is 0 Å². The summed E-state index contributed by atoms with van der Waals surface area (Å²) in [4.78, 5) is 2.14. The van der Waals surface area contributed by atoms with Crippen molar-refractivity contribution in [2.45, 2.75) is 32.7 Å². The zero-order valence-electron chi connectivity index (χ0n) is 10.2. The van der Waals surface area contributed by atoms with E-state index in [2.05, 4.69) is 51.0 Å². The van der Waals surface area contributed by atoms with E-state index in [1.807, 2.05) is 0 Å². The van der Waals surface area contributed by atoms with Gasteiger partial charge in [0, 0.05) is 25.8 Å². The van der Waals surface area contributed by atoms with Gasteiger partial charge >= 0.3 is 0 Å². The summed E-state index contributed by atoms with van der Waals surface area (Å²) in [6.07, 6.45) is 2.13. The molecule has 0 radical (unpaired) electrons. The van der Waals surface area contributed by atoms with Gasteiger partial charge in [-0.1, -0.05) is 12.1 Å². The van der Waals surface area contributed by atoms with E-state index in [1.165, 1.54) is 16.8 Å². The average Bonchev–Trinajstić information content (AvgIpc) is 2.14. The van der Waals surface area contributed by atoms with Gasteiger partial charge in [0.1, 0.15) is 0 Å². The van der Waals surface area contributed by atoms with Crippen LogP contribution in [0.3, 0.4) is 0 Å². The predicted molar refractivity (Wildman–Crippen MR) is 67.5 cm³/mol. The summed E-state index contributed by atoms with van der Waals surface area (Å²) in [7, 11) is 4.15. The topological polar surface area (TPSA) is 29.3 Å². The number of aryl methyl sites for hydroxylation is 2. The van der Waals surface area contributed by atoms with Crippen molar-refractivity contribution in [3.8, 4) is 0 Å². The second kappa shape index (κ2) is 5.17. The van der Waals surface area contributed by atoms with Crippen molar-refractivity contribution in [2.24, 2.45) is 5.73 Å². The molecule has 0 aliphatic rings. The molecule has 1 atom stereocenters. The summed E-state index contributed by atoms with van der Waals surface area (Å²) in [5.74, 6) is 0. The van der Waals surface area contributed by atoms with Gasteiger partial charge in [0.25, 0.3) is 0 Å². The minimum atomic E-state index is 0.291. The maximum absolute atomic E-state index is 5.75. The second-order valence-corrected chi connectivity index (χ2v) is 4.53. The Morgan fingerprint density at radius 3 is 2.47 bits per heavy atom. The van der Waals surface area contributed by atoms with E-state index in [1.54, 1.807) is 0 Å². The van der Waals surface area contributed by atoms with Gasteiger partial charge < -0.3 is 10.6 Å². The highest BCUT2D eigenvalue weighted by Crippen LogP contribution is 2.19. The van der Waals surface area contributed by atoms with Crippen LogP contribution in [0.5, 0.6) is 0 Å². The number of rotatable bonds is 4. The SMILES string of the molecule is Cc1cc(CCC(C)N)ccc1N(C)C. The Balaban J connectivity index is 2.73. The van der Waals surface area contributed by atoms with Crippen LogP contribution in [0.1, 0.15) is 24.5 Å². The zero-order chi connectivity index (χ0) is 11.4. The molecule has 1 aromatic rings. The Bertz CT molecular complexity index is 316. The van der Waals surface area contributed by atoms with E-state index in [0.717, 1.165) is 12.8 Å². The highest BCUT2D eigenvalue weighted by molar-refractivity contribution is 5.53. The van der Waals surface area contributed by atoms with E-state index < -0.39 is 0 Å². The van der Waals surface area contributed by atoms with Crippen molar-refractivity contribution >= 4 is 5.69 Å². The van der Waals surface area contributed by atoms with E-state index in [9.17, 15) is 0 Å². The van der Waals surface area contributed by atoms with Crippen LogP contribution in [-0.2, 0) is 6.42 Å². The lowest BCUT2D eigenvalue weighted by Gasteiger charge is -2.16. The number of benzene rings is 1. The van der Waals surface area contributed by atoms with Gasteiger partial charge in [-0.2, -0.15) is 0 Å². The first-order valence-corrected chi connectivity index (χ1v) is 5.53. The van der Waals surface area contributed by atoms with Crippen LogP contribution in [0, 0.1) is 6.92 Å². The standard InChI is InChI=1S/C13H22N2/c1-10-9-12(6-5-11(2)14)7-8-13(10)15(3)4/h7-9,11H,5-6,14H2,1-4H3. The summed E-state index contributed by atoms with van der Waals surface area (Å²) in [5.41, 5.74) is 9.76. The van der Waals surface area contributed by atoms with Gasteiger partial charge in [0.15, 0.2) is 0 Å². The Morgan fingerprint density at radius 1 is 1.33 bits per heavy atom. The Labute approximate surface area is 93.1 Å². The molecule has 2 N–H and O–H groups in total. The Kier molecular flexibility index (Phi) is 4.15. The normalized spacial score (nSPS) is 12.6. The molecule has 84 valence electrons. The minimum absolute atomic E-state index is 0.291. The molecule has 1 unspecified atom stereocenters. The van der Waals surface area contributed by atoms with E-state index >= 15 is 0 Å². The predicted octanol–water partition coefficient (Wildman–Crippen LogP) is 2.34. The van der Waals surface area contributed by atoms with Crippen molar-refractivity contribution in [1.82, 2.24) is 0 Å². The maximum atomic E-state index is 5.75. The van der Waals surface area contributed by atoms with Gasteiger partial charge in [0.2, 0.25) is 0 Å². The molecule has 1 rings (SSSR count). The molecule has 0 bridgehead atoms. The molecule has 0 saturated carbocycles. The molecule has 1 aromatic carbocycles. The molecule has 0 aliphatic carbocycles. The highest BCUT2D eigenvalue weighted by Gasteiger charge is 2.02. The van der Waals surface area contributed by atoms with Crippen LogP contribution < -0.4 is 10.6 Å². The molecular formula is C13H22N2. The summed E-state index contributed by atoms with van der Waals surface area (Å²) in [6, 6.07) is 6.94. The van der Waals surface area contributed by atoms with E-state index in [-0.39, 0.29) is 0 Å². The number of nitrogens with zero attached hydrogens (tertiary/aromatic N) is 1. The van der Waals surface area contributed by atoms with Gasteiger partial charge in [-0.05, 0) is 43.9 Å². The summed E-state index contributed by atoms with van der Waals surface area (Å²) >= 11 is 0. The van der Waals surface area contributed by atoms with Crippen LogP contribution in [0.4, 0.5) is 5.69 Å². The number of hydrogen-bond donors (Lipinski definition) is 1.